The van der Waals surface area contributed by atoms with Gasteiger partial charge < -0.3 is 5.11 Å². The van der Waals surface area contributed by atoms with Gasteiger partial charge in [-0.2, -0.15) is 8.78 Å². The van der Waals surface area contributed by atoms with Gasteiger partial charge in [0.2, 0.25) is 0 Å². The first-order valence-electron chi connectivity index (χ1n) is 2.98. The highest BCUT2D eigenvalue weighted by molar-refractivity contribution is 6.30. The Kier molecular flexibility index (Phi) is 4.56. The third-order valence-electron chi connectivity index (χ3n) is 1.04. The molecule has 0 aromatic heterocycles. The predicted molar refractivity (Wildman–Crippen MR) is 36.0 cm³/mol. The first-order chi connectivity index (χ1) is 4.59. The molecule has 0 bridgehead atoms. The van der Waals surface area contributed by atoms with Gasteiger partial charge in [-0.25, -0.2) is 0 Å². The van der Waals surface area contributed by atoms with Gasteiger partial charge in [0, 0.05) is 0 Å². The summed E-state index contributed by atoms with van der Waals surface area (Å²) in [4.78, 5) is 0. The molecule has 0 saturated heterocycles. The van der Waals surface area contributed by atoms with E-state index in [2.05, 4.69) is 0 Å². The fourth-order valence-electron chi connectivity index (χ4n) is 0.526. The van der Waals surface area contributed by atoms with Gasteiger partial charge in [-0.3, -0.25) is 0 Å². The summed E-state index contributed by atoms with van der Waals surface area (Å²) < 4.78 is 23.2. The predicted octanol–water partition coefficient (Wildman–Crippen LogP) is 2.49. The molecule has 0 heterocycles. The number of aliphatic hydroxyl groups is 1. The molecule has 0 fully saturated rings. The zero-order chi connectivity index (χ0) is 8.15. The van der Waals surface area contributed by atoms with Crippen molar-refractivity contribution in [2.45, 2.75) is 25.9 Å². The third-order valence-corrected chi connectivity index (χ3v) is 1.43. The van der Waals surface area contributed by atoms with E-state index in [4.69, 9.17) is 16.7 Å². The maximum absolute atomic E-state index is 11.6. The number of hydrogen-bond donors (Lipinski definition) is 1. The Balaban J connectivity index is 3.94. The molecule has 1 N–H and O–H groups in total. The van der Waals surface area contributed by atoms with Gasteiger partial charge in [-0.15, -0.1) is 0 Å². The average molecular weight is 171 g/mol. The molecular formula is C6H9ClF2O. The standard InChI is InChI=1S/C6H9ClF2O/c1-2-3-4(10)5(7)6(8)9/h4,10H,2-3H2,1H3. The van der Waals surface area contributed by atoms with Crippen LogP contribution in [0.3, 0.4) is 0 Å². The minimum atomic E-state index is -2.00. The number of rotatable bonds is 3. The molecule has 0 amide bonds. The van der Waals surface area contributed by atoms with Crippen LogP contribution in [0.2, 0.25) is 0 Å². The number of aliphatic hydroxyl groups excluding tert-OH is 1. The van der Waals surface area contributed by atoms with E-state index >= 15 is 0 Å². The summed E-state index contributed by atoms with van der Waals surface area (Å²) in [6, 6.07) is 0. The highest BCUT2D eigenvalue weighted by atomic mass is 35.5. The highest BCUT2D eigenvalue weighted by Gasteiger charge is 2.12. The van der Waals surface area contributed by atoms with E-state index in [1.807, 2.05) is 0 Å². The van der Waals surface area contributed by atoms with Gasteiger partial charge >= 0.3 is 0 Å². The fourth-order valence-corrected chi connectivity index (χ4v) is 0.635. The van der Waals surface area contributed by atoms with Crippen molar-refractivity contribution in [3.63, 3.8) is 0 Å². The van der Waals surface area contributed by atoms with Crippen molar-refractivity contribution in [3.8, 4) is 0 Å². The van der Waals surface area contributed by atoms with E-state index in [1.54, 1.807) is 6.92 Å². The molecular weight excluding hydrogens is 162 g/mol. The second-order valence-electron chi connectivity index (χ2n) is 1.91. The largest absolute Gasteiger partial charge is 0.387 e. The Morgan fingerprint density at radius 1 is 1.60 bits per heavy atom. The van der Waals surface area contributed by atoms with E-state index in [0.29, 0.717) is 6.42 Å². The quantitative estimate of drug-likeness (QED) is 0.690. The molecule has 0 aromatic carbocycles. The molecule has 10 heavy (non-hydrogen) atoms. The van der Waals surface area contributed by atoms with Crippen LogP contribution in [0.4, 0.5) is 8.78 Å². The van der Waals surface area contributed by atoms with Crippen molar-refractivity contribution in [1.82, 2.24) is 0 Å². The summed E-state index contributed by atoms with van der Waals surface area (Å²) >= 11 is 5.02. The monoisotopic (exact) mass is 170 g/mol. The molecule has 1 unspecified atom stereocenters. The van der Waals surface area contributed by atoms with E-state index in [1.165, 1.54) is 0 Å². The Morgan fingerprint density at radius 3 is 2.40 bits per heavy atom. The van der Waals surface area contributed by atoms with Crippen LogP contribution >= 0.6 is 11.6 Å². The van der Waals surface area contributed by atoms with Crippen molar-refractivity contribution in [2.75, 3.05) is 0 Å². The molecule has 0 saturated carbocycles. The molecule has 1 atom stereocenters. The third kappa shape index (κ3) is 3.13. The van der Waals surface area contributed by atoms with Gasteiger partial charge in [0.1, 0.15) is 5.03 Å². The zero-order valence-corrected chi connectivity index (χ0v) is 6.33. The van der Waals surface area contributed by atoms with E-state index in [-0.39, 0.29) is 6.42 Å². The number of halogens is 3. The van der Waals surface area contributed by atoms with Crippen LogP contribution in [0.15, 0.2) is 11.1 Å². The molecule has 0 aliphatic heterocycles. The second kappa shape index (κ2) is 4.63. The normalized spacial score (nSPS) is 12.9. The fraction of sp³-hybridized carbons (Fsp3) is 0.667. The second-order valence-corrected chi connectivity index (χ2v) is 2.32. The maximum Gasteiger partial charge on any atom is 0.287 e. The molecule has 4 heteroatoms. The SMILES string of the molecule is CCCC(O)C(Cl)=C(F)F. The Labute approximate surface area is 63.3 Å². The van der Waals surface area contributed by atoms with Crippen LogP contribution in [0.25, 0.3) is 0 Å². The Morgan fingerprint density at radius 2 is 2.10 bits per heavy atom. The van der Waals surface area contributed by atoms with Crippen LogP contribution < -0.4 is 0 Å². The van der Waals surface area contributed by atoms with Gasteiger partial charge in [-0.05, 0) is 6.42 Å². The van der Waals surface area contributed by atoms with Crippen molar-refractivity contribution < 1.29 is 13.9 Å². The van der Waals surface area contributed by atoms with Crippen molar-refractivity contribution in [3.05, 3.63) is 11.1 Å². The Hall–Kier alpha value is -0.150. The van der Waals surface area contributed by atoms with Crippen molar-refractivity contribution in [2.24, 2.45) is 0 Å². The van der Waals surface area contributed by atoms with Crippen molar-refractivity contribution >= 4 is 11.6 Å². The molecule has 0 aromatic rings. The van der Waals surface area contributed by atoms with Gasteiger partial charge in [0.25, 0.3) is 6.08 Å². The van der Waals surface area contributed by atoms with E-state index < -0.39 is 17.2 Å². The summed E-state index contributed by atoms with van der Waals surface area (Å²) in [6.45, 7) is 1.78. The zero-order valence-electron chi connectivity index (χ0n) is 5.57. The molecule has 0 aliphatic rings. The lowest BCUT2D eigenvalue weighted by Gasteiger charge is -2.04. The molecule has 0 spiro atoms. The molecule has 1 nitrogen and oxygen atoms in total. The summed E-state index contributed by atoms with van der Waals surface area (Å²) in [6.07, 6.45) is -2.29. The lowest BCUT2D eigenvalue weighted by Crippen LogP contribution is -2.06. The van der Waals surface area contributed by atoms with Gasteiger partial charge in [0.15, 0.2) is 0 Å². The minimum absolute atomic E-state index is 0.274. The maximum atomic E-state index is 11.6. The van der Waals surface area contributed by atoms with Gasteiger partial charge in [0.05, 0.1) is 6.10 Å². The first-order valence-corrected chi connectivity index (χ1v) is 3.36. The minimum Gasteiger partial charge on any atom is -0.387 e. The average Bonchev–Trinajstić information content (AvgIpc) is 1.87. The highest BCUT2D eigenvalue weighted by Crippen LogP contribution is 2.19. The van der Waals surface area contributed by atoms with Crippen LogP contribution in [0, 0.1) is 0 Å². The van der Waals surface area contributed by atoms with Crippen LogP contribution in [-0.4, -0.2) is 11.2 Å². The van der Waals surface area contributed by atoms with E-state index in [9.17, 15) is 8.78 Å². The summed E-state index contributed by atoms with van der Waals surface area (Å²) in [5.74, 6) is 0. The van der Waals surface area contributed by atoms with Crippen molar-refractivity contribution in [1.29, 1.82) is 0 Å². The summed E-state index contributed by atoms with van der Waals surface area (Å²) in [7, 11) is 0. The summed E-state index contributed by atoms with van der Waals surface area (Å²) in [5, 5.41) is 8.08. The first kappa shape index (κ1) is 9.85. The topological polar surface area (TPSA) is 20.2 Å². The lowest BCUT2D eigenvalue weighted by atomic mass is 10.2. The van der Waals surface area contributed by atoms with E-state index in [0.717, 1.165) is 0 Å². The van der Waals surface area contributed by atoms with Gasteiger partial charge in [-0.1, -0.05) is 24.9 Å². The molecule has 0 aliphatic carbocycles. The smallest absolute Gasteiger partial charge is 0.287 e. The number of hydrogen-bond acceptors (Lipinski definition) is 1. The Bertz CT molecular complexity index is 132. The summed E-state index contributed by atoms with van der Waals surface area (Å²) in [5.41, 5.74) is 0. The molecule has 0 radical (unpaired) electrons. The lowest BCUT2D eigenvalue weighted by molar-refractivity contribution is 0.199. The van der Waals surface area contributed by atoms with Crippen LogP contribution in [-0.2, 0) is 0 Å². The van der Waals surface area contributed by atoms with Crippen LogP contribution in [0.1, 0.15) is 19.8 Å². The molecule has 0 rings (SSSR count). The van der Waals surface area contributed by atoms with Crippen LogP contribution in [0.5, 0.6) is 0 Å². The molecule has 60 valence electrons.